The predicted octanol–water partition coefficient (Wildman–Crippen LogP) is 5.13. The molecule has 1 aliphatic heterocycles. The Morgan fingerprint density at radius 1 is 0.950 bits per heavy atom. The lowest BCUT2D eigenvalue weighted by Gasteiger charge is -2.26. The molecule has 0 spiro atoms. The number of anilines is 3. The third kappa shape index (κ3) is 5.63. The Balaban J connectivity index is 1.90. The monoisotopic (exact) mass is 543 g/mol. The quantitative estimate of drug-likeness (QED) is 0.219. The number of carbonyl (C=O) groups is 3. The molecule has 208 valence electrons. The van der Waals surface area contributed by atoms with E-state index in [1.807, 2.05) is 57.1 Å². The van der Waals surface area contributed by atoms with Gasteiger partial charge in [-0.3, -0.25) is 19.3 Å². The van der Waals surface area contributed by atoms with Gasteiger partial charge in [0.25, 0.3) is 11.7 Å². The van der Waals surface area contributed by atoms with Crippen molar-refractivity contribution in [3.63, 3.8) is 0 Å². The van der Waals surface area contributed by atoms with E-state index in [-0.39, 0.29) is 22.8 Å². The summed E-state index contributed by atoms with van der Waals surface area (Å²) in [5.41, 5.74) is 2.79. The molecule has 0 bridgehead atoms. The maximum absolute atomic E-state index is 13.6. The molecule has 2 amide bonds. The van der Waals surface area contributed by atoms with Crippen LogP contribution < -0.4 is 24.6 Å². The Morgan fingerprint density at radius 3 is 2.17 bits per heavy atom. The molecule has 2 N–H and O–H groups in total. The van der Waals surface area contributed by atoms with E-state index in [1.165, 1.54) is 11.8 Å². The molecule has 0 saturated carbocycles. The molecule has 1 aliphatic rings. The number of ether oxygens (including phenoxy) is 2. The van der Waals surface area contributed by atoms with Crippen molar-refractivity contribution in [2.24, 2.45) is 0 Å². The summed E-state index contributed by atoms with van der Waals surface area (Å²) < 4.78 is 11.4. The van der Waals surface area contributed by atoms with Crippen LogP contribution in [0.2, 0.25) is 0 Å². The van der Waals surface area contributed by atoms with Crippen molar-refractivity contribution < 1.29 is 29.0 Å². The molecule has 3 aromatic rings. The highest BCUT2D eigenvalue weighted by molar-refractivity contribution is 6.51. The highest BCUT2D eigenvalue weighted by Crippen LogP contribution is 2.44. The summed E-state index contributed by atoms with van der Waals surface area (Å²) in [6.45, 7) is 5.85. The second-order valence-corrected chi connectivity index (χ2v) is 9.41. The van der Waals surface area contributed by atoms with Crippen molar-refractivity contribution >= 4 is 40.4 Å². The average molecular weight is 544 g/mol. The maximum atomic E-state index is 13.6. The maximum Gasteiger partial charge on any atom is 0.300 e. The molecule has 4 rings (SSSR count). The number of carbonyl (C=O) groups excluding carboxylic acids is 3. The van der Waals surface area contributed by atoms with E-state index in [4.69, 9.17) is 9.47 Å². The predicted molar refractivity (Wildman–Crippen MR) is 155 cm³/mol. The molecule has 1 atom stereocenters. The highest BCUT2D eigenvalue weighted by Gasteiger charge is 2.47. The minimum atomic E-state index is -0.913. The van der Waals surface area contributed by atoms with E-state index in [0.717, 1.165) is 5.69 Å². The molecule has 1 unspecified atom stereocenters. The van der Waals surface area contributed by atoms with Crippen LogP contribution in [0.15, 0.2) is 72.3 Å². The normalized spacial score (nSPS) is 16.1. The largest absolute Gasteiger partial charge is 0.507 e. The molecule has 1 saturated heterocycles. The van der Waals surface area contributed by atoms with Crippen LogP contribution in [0.4, 0.5) is 17.1 Å². The fraction of sp³-hybridized carbons (Fsp3) is 0.258. The van der Waals surface area contributed by atoms with Gasteiger partial charge in [-0.25, -0.2) is 0 Å². The SMILES string of the molecule is CCOc1ccc(/C(O)=C2/C(=O)C(=O)N(c3ccc(NC(C)=O)cc3)C2c2ccc(N(C)C)cc2)c(OCC)c1. The molecule has 1 fully saturated rings. The average Bonchev–Trinajstić information content (AvgIpc) is 3.19. The number of nitrogens with zero attached hydrogens (tertiary/aromatic N) is 2. The summed E-state index contributed by atoms with van der Waals surface area (Å²) in [4.78, 5) is 41.9. The van der Waals surface area contributed by atoms with Crippen molar-refractivity contribution in [3.05, 3.63) is 83.4 Å². The van der Waals surface area contributed by atoms with E-state index < -0.39 is 17.7 Å². The minimum Gasteiger partial charge on any atom is -0.507 e. The molecule has 40 heavy (non-hydrogen) atoms. The lowest BCUT2D eigenvalue weighted by molar-refractivity contribution is -0.132. The van der Waals surface area contributed by atoms with Crippen LogP contribution >= 0.6 is 0 Å². The zero-order valence-electron chi connectivity index (χ0n) is 23.2. The minimum absolute atomic E-state index is 0.0568. The van der Waals surface area contributed by atoms with Crippen molar-refractivity contribution in [3.8, 4) is 11.5 Å². The summed E-state index contributed by atoms with van der Waals surface area (Å²) in [5.74, 6) is -1.28. The molecule has 0 radical (unpaired) electrons. The fourth-order valence-corrected chi connectivity index (χ4v) is 4.65. The Bertz CT molecular complexity index is 1440. The van der Waals surface area contributed by atoms with Gasteiger partial charge in [0, 0.05) is 44.1 Å². The number of hydrogen-bond acceptors (Lipinski definition) is 7. The number of Topliss-reactive ketones (excluding diaryl/α,β-unsaturated/α-hetero) is 1. The summed E-state index contributed by atoms with van der Waals surface area (Å²) in [6.07, 6.45) is 0. The van der Waals surface area contributed by atoms with Gasteiger partial charge in [0.05, 0.1) is 30.4 Å². The Labute approximate surface area is 233 Å². The molecule has 0 aromatic heterocycles. The van der Waals surface area contributed by atoms with Gasteiger partial charge >= 0.3 is 0 Å². The van der Waals surface area contributed by atoms with Gasteiger partial charge in [-0.05, 0) is 67.9 Å². The van der Waals surface area contributed by atoms with Gasteiger partial charge in [-0.15, -0.1) is 0 Å². The summed E-state index contributed by atoms with van der Waals surface area (Å²) in [5, 5.41) is 14.3. The van der Waals surface area contributed by atoms with E-state index in [9.17, 15) is 19.5 Å². The van der Waals surface area contributed by atoms with Gasteiger partial charge in [0.1, 0.15) is 17.3 Å². The van der Waals surface area contributed by atoms with Crippen LogP contribution in [-0.4, -0.2) is 50.0 Å². The van der Waals surface area contributed by atoms with Gasteiger partial charge in [-0.2, -0.15) is 0 Å². The van der Waals surface area contributed by atoms with E-state index in [1.54, 1.807) is 42.5 Å². The number of rotatable bonds is 9. The molecule has 0 aliphatic carbocycles. The molecule has 3 aromatic carbocycles. The number of amides is 2. The zero-order chi connectivity index (χ0) is 29.0. The lowest BCUT2D eigenvalue weighted by atomic mass is 9.94. The zero-order valence-corrected chi connectivity index (χ0v) is 23.2. The number of benzene rings is 3. The number of aliphatic hydroxyl groups is 1. The summed E-state index contributed by atoms with van der Waals surface area (Å²) in [6, 6.07) is 18.1. The molecule has 9 heteroatoms. The molecular formula is C31H33N3O6. The van der Waals surface area contributed by atoms with Crippen molar-refractivity contribution in [1.82, 2.24) is 0 Å². The molecular weight excluding hydrogens is 510 g/mol. The van der Waals surface area contributed by atoms with Crippen LogP contribution in [0.25, 0.3) is 5.76 Å². The Kier molecular flexibility index (Phi) is 8.43. The topological polar surface area (TPSA) is 108 Å². The van der Waals surface area contributed by atoms with Crippen LogP contribution in [0, 0.1) is 0 Å². The van der Waals surface area contributed by atoms with Crippen LogP contribution in [0.3, 0.4) is 0 Å². The number of hydrogen-bond donors (Lipinski definition) is 2. The lowest BCUT2D eigenvalue weighted by Crippen LogP contribution is -2.29. The van der Waals surface area contributed by atoms with Gasteiger partial charge < -0.3 is 24.8 Å². The van der Waals surface area contributed by atoms with Crippen molar-refractivity contribution in [1.29, 1.82) is 0 Å². The number of nitrogens with one attached hydrogen (secondary N) is 1. The van der Waals surface area contributed by atoms with Gasteiger partial charge in [0.2, 0.25) is 5.91 Å². The standard InChI is InChI=1S/C31H33N3O6/c1-6-39-24-16-17-25(26(18-24)40-7-2)29(36)27-28(20-8-12-22(13-9-20)33(4)5)34(31(38)30(27)37)23-14-10-21(11-15-23)32-19(3)35/h8-18,28,36H,6-7H2,1-5H3,(H,32,35)/b29-27-. The van der Waals surface area contributed by atoms with E-state index >= 15 is 0 Å². The van der Waals surface area contributed by atoms with Crippen LogP contribution in [0.5, 0.6) is 11.5 Å². The third-order valence-corrected chi connectivity index (χ3v) is 6.45. The first kappa shape index (κ1) is 28.2. The summed E-state index contributed by atoms with van der Waals surface area (Å²) >= 11 is 0. The van der Waals surface area contributed by atoms with E-state index in [2.05, 4.69) is 5.32 Å². The third-order valence-electron chi connectivity index (χ3n) is 6.45. The van der Waals surface area contributed by atoms with E-state index in [0.29, 0.717) is 41.7 Å². The first-order valence-corrected chi connectivity index (χ1v) is 13.0. The number of aliphatic hydroxyl groups excluding tert-OH is 1. The first-order chi connectivity index (χ1) is 19.2. The highest BCUT2D eigenvalue weighted by atomic mass is 16.5. The Hall–Kier alpha value is -4.79. The second-order valence-electron chi connectivity index (χ2n) is 9.41. The van der Waals surface area contributed by atoms with Crippen molar-refractivity contribution in [2.45, 2.75) is 26.8 Å². The first-order valence-electron chi connectivity index (χ1n) is 13.0. The molecule has 9 nitrogen and oxygen atoms in total. The van der Waals surface area contributed by atoms with Crippen molar-refractivity contribution in [2.75, 3.05) is 42.4 Å². The molecule has 1 heterocycles. The van der Waals surface area contributed by atoms with Gasteiger partial charge in [0.15, 0.2) is 0 Å². The second kappa shape index (κ2) is 11.9. The number of ketones is 1. The summed E-state index contributed by atoms with van der Waals surface area (Å²) in [7, 11) is 3.83. The van der Waals surface area contributed by atoms with Crippen LogP contribution in [-0.2, 0) is 14.4 Å². The van der Waals surface area contributed by atoms with Gasteiger partial charge in [-0.1, -0.05) is 12.1 Å². The Morgan fingerprint density at radius 2 is 1.60 bits per heavy atom. The van der Waals surface area contributed by atoms with Crippen LogP contribution in [0.1, 0.15) is 37.9 Å². The fourth-order valence-electron chi connectivity index (χ4n) is 4.65. The smallest absolute Gasteiger partial charge is 0.300 e.